The molecule has 7 heteroatoms. The molecule has 1 unspecified atom stereocenters. The number of likely N-dealkylation sites (tertiary alicyclic amines) is 1. The molecule has 36 heavy (non-hydrogen) atoms. The number of carbonyl (C=O) groups excluding carboxylic acids is 2. The molecule has 0 spiro atoms. The van der Waals surface area contributed by atoms with Crippen molar-refractivity contribution in [3.05, 3.63) is 75.1 Å². The molecule has 0 saturated carbocycles. The fourth-order valence-electron chi connectivity index (χ4n) is 5.65. The lowest BCUT2D eigenvalue weighted by Crippen LogP contribution is -2.30. The second-order valence-electron chi connectivity index (χ2n) is 10.2. The van der Waals surface area contributed by atoms with E-state index >= 15 is 0 Å². The van der Waals surface area contributed by atoms with E-state index in [4.69, 9.17) is 0 Å². The zero-order valence-corrected chi connectivity index (χ0v) is 21.1. The van der Waals surface area contributed by atoms with E-state index in [1.165, 1.54) is 0 Å². The third kappa shape index (κ3) is 5.07. The Morgan fingerprint density at radius 3 is 2.58 bits per heavy atom. The molecule has 2 N–H and O–H groups in total. The number of aromatic nitrogens is 1. The lowest BCUT2D eigenvalue weighted by Gasteiger charge is -2.23. The number of amides is 1. The number of aromatic amines is 1. The molecule has 1 atom stereocenters. The first-order valence-electron chi connectivity index (χ1n) is 12.9. The van der Waals surface area contributed by atoms with Gasteiger partial charge in [0.05, 0.1) is 5.92 Å². The summed E-state index contributed by atoms with van der Waals surface area (Å²) in [5.41, 5.74) is 5.41. The second kappa shape index (κ2) is 10.3. The van der Waals surface area contributed by atoms with Crippen LogP contribution >= 0.6 is 0 Å². The number of rotatable bonds is 7. The predicted molar refractivity (Wildman–Crippen MR) is 143 cm³/mol. The molecule has 2 fully saturated rings. The van der Waals surface area contributed by atoms with E-state index in [-0.39, 0.29) is 23.2 Å². The predicted octanol–water partition coefficient (Wildman–Crippen LogP) is 3.43. The van der Waals surface area contributed by atoms with Crippen LogP contribution in [0.5, 0.6) is 0 Å². The van der Waals surface area contributed by atoms with Crippen molar-refractivity contribution >= 4 is 28.3 Å². The lowest BCUT2D eigenvalue weighted by atomic mass is 9.97. The van der Waals surface area contributed by atoms with Gasteiger partial charge in [0.25, 0.3) is 0 Å². The van der Waals surface area contributed by atoms with Crippen LogP contribution in [0, 0.1) is 12.8 Å². The summed E-state index contributed by atoms with van der Waals surface area (Å²) < 4.78 is 0. The van der Waals surface area contributed by atoms with Gasteiger partial charge in [-0.3, -0.25) is 19.3 Å². The largest absolute Gasteiger partial charge is 0.371 e. The van der Waals surface area contributed by atoms with Crippen molar-refractivity contribution in [3.8, 4) is 0 Å². The summed E-state index contributed by atoms with van der Waals surface area (Å²) in [6.45, 7) is 6.23. The van der Waals surface area contributed by atoms with Gasteiger partial charge in [-0.1, -0.05) is 12.1 Å². The number of nitrogens with zero attached hydrogens (tertiary/aromatic N) is 2. The number of carbonyl (C=O) groups is 2. The average Bonchev–Trinajstić information content (AvgIpc) is 3.56. The zero-order chi connectivity index (χ0) is 25.2. The van der Waals surface area contributed by atoms with Crippen molar-refractivity contribution in [2.75, 3.05) is 38.1 Å². The molecule has 188 valence electrons. The Morgan fingerprint density at radius 2 is 1.81 bits per heavy atom. The van der Waals surface area contributed by atoms with Crippen molar-refractivity contribution in [3.63, 3.8) is 0 Å². The van der Waals surface area contributed by atoms with Gasteiger partial charge in [0.15, 0.2) is 5.78 Å². The van der Waals surface area contributed by atoms with Gasteiger partial charge >= 0.3 is 0 Å². The summed E-state index contributed by atoms with van der Waals surface area (Å²) >= 11 is 0. The highest BCUT2D eigenvalue weighted by Gasteiger charge is 2.28. The summed E-state index contributed by atoms with van der Waals surface area (Å²) in [4.78, 5) is 45.0. The molecule has 0 aliphatic carbocycles. The summed E-state index contributed by atoms with van der Waals surface area (Å²) in [6.07, 6.45) is 3.46. The zero-order valence-electron chi connectivity index (χ0n) is 21.1. The molecule has 2 aromatic carbocycles. The van der Waals surface area contributed by atoms with Crippen molar-refractivity contribution in [2.24, 2.45) is 5.92 Å². The molecule has 2 aliphatic rings. The minimum atomic E-state index is -0.115. The molecule has 2 saturated heterocycles. The van der Waals surface area contributed by atoms with E-state index in [0.717, 1.165) is 90.8 Å². The number of Topliss-reactive ketones (excluding diaryl/α,β-unsaturated/α-hetero) is 1. The highest BCUT2D eigenvalue weighted by molar-refractivity contribution is 6.03. The fourth-order valence-corrected chi connectivity index (χ4v) is 5.65. The first-order chi connectivity index (χ1) is 17.4. The molecule has 3 aromatic rings. The Hall–Kier alpha value is -3.45. The number of aryl methyl sites for hydroxylation is 1. The first-order valence-corrected chi connectivity index (χ1v) is 12.9. The van der Waals surface area contributed by atoms with E-state index in [0.29, 0.717) is 6.42 Å². The molecular formula is C29H34N4O3. The Morgan fingerprint density at radius 1 is 1.03 bits per heavy atom. The lowest BCUT2D eigenvalue weighted by molar-refractivity contribution is -0.124. The van der Waals surface area contributed by atoms with Gasteiger partial charge in [0.1, 0.15) is 0 Å². The normalized spacial score (nSPS) is 18.2. The number of benzene rings is 2. The number of anilines is 1. The molecule has 2 aliphatic heterocycles. The van der Waals surface area contributed by atoms with Crippen LogP contribution in [-0.4, -0.2) is 54.8 Å². The summed E-state index contributed by atoms with van der Waals surface area (Å²) in [6, 6.07) is 13.7. The molecule has 7 nitrogen and oxygen atoms in total. The smallest absolute Gasteiger partial charge is 0.248 e. The van der Waals surface area contributed by atoms with E-state index in [9.17, 15) is 14.4 Å². The highest BCUT2D eigenvalue weighted by atomic mass is 16.2. The van der Waals surface area contributed by atoms with Crippen LogP contribution in [0.25, 0.3) is 10.9 Å². The number of hydrogen-bond donors (Lipinski definition) is 2. The van der Waals surface area contributed by atoms with Crippen LogP contribution in [-0.2, 0) is 17.8 Å². The number of ketones is 1. The third-order valence-electron chi connectivity index (χ3n) is 7.58. The Balaban J connectivity index is 1.40. The minimum absolute atomic E-state index is 0.0336. The number of pyridine rings is 1. The second-order valence-corrected chi connectivity index (χ2v) is 10.2. The van der Waals surface area contributed by atoms with Crippen LogP contribution in [0.15, 0.2) is 47.3 Å². The maximum absolute atomic E-state index is 13.7. The van der Waals surface area contributed by atoms with Crippen molar-refractivity contribution in [2.45, 2.75) is 39.2 Å². The van der Waals surface area contributed by atoms with Gasteiger partial charge in [0, 0.05) is 67.9 Å². The van der Waals surface area contributed by atoms with E-state index < -0.39 is 0 Å². The average molecular weight is 487 g/mol. The van der Waals surface area contributed by atoms with Crippen molar-refractivity contribution in [1.29, 1.82) is 0 Å². The molecule has 3 heterocycles. The maximum Gasteiger partial charge on any atom is 0.248 e. The van der Waals surface area contributed by atoms with E-state index in [2.05, 4.69) is 38.3 Å². The summed E-state index contributed by atoms with van der Waals surface area (Å²) in [5, 5.41) is 3.73. The summed E-state index contributed by atoms with van der Waals surface area (Å²) in [5.74, 6) is 0.239. The molecule has 1 amide bonds. The quantitative estimate of drug-likeness (QED) is 0.500. The minimum Gasteiger partial charge on any atom is -0.371 e. The van der Waals surface area contributed by atoms with Gasteiger partial charge in [-0.2, -0.15) is 0 Å². The Kier molecular flexibility index (Phi) is 6.92. The summed E-state index contributed by atoms with van der Waals surface area (Å²) in [7, 11) is 1.69. The molecule has 5 rings (SSSR count). The van der Waals surface area contributed by atoms with Crippen LogP contribution in [0.1, 0.15) is 46.3 Å². The molecule has 0 bridgehead atoms. The Labute approximate surface area is 211 Å². The molecule has 1 aromatic heterocycles. The van der Waals surface area contributed by atoms with Gasteiger partial charge in [-0.05, 0) is 73.7 Å². The SMILES string of the molecule is CNC(=O)C1CCN(Cc2ccc(N3CCCC3)c(C(=O)Cc3ccc4[nH]c(=O)cc(C)c4c3)c2)C1. The first kappa shape index (κ1) is 24.3. The van der Waals surface area contributed by atoms with Crippen LogP contribution in [0.3, 0.4) is 0 Å². The highest BCUT2D eigenvalue weighted by Crippen LogP contribution is 2.29. The van der Waals surface area contributed by atoms with Gasteiger partial charge < -0.3 is 15.2 Å². The van der Waals surface area contributed by atoms with Crippen molar-refractivity contribution in [1.82, 2.24) is 15.2 Å². The number of hydrogen-bond acceptors (Lipinski definition) is 5. The molecule has 0 radical (unpaired) electrons. The van der Waals surface area contributed by atoms with E-state index in [1.54, 1.807) is 13.1 Å². The maximum atomic E-state index is 13.7. The number of H-pyrrole nitrogens is 1. The van der Waals surface area contributed by atoms with Gasteiger partial charge in [0.2, 0.25) is 11.5 Å². The topological polar surface area (TPSA) is 85.5 Å². The van der Waals surface area contributed by atoms with Crippen LogP contribution in [0.4, 0.5) is 5.69 Å². The van der Waals surface area contributed by atoms with Gasteiger partial charge in [-0.15, -0.1) is 0 Å². The van der Waals surface area contributed by atoms with Crippen LogP contribution in [0.2, 0.25) is 0 Å². The standard InChI is InChI=1S/C29H34N4O3/c1-19-13-28(35)31-25-7-5-20(14-23(19)25)16-27(34)24-15-21(6-8-26(24)33-10-3-4-11-33)17-32-12-9-22(18-32)29(36)30-2/h5-8,13-15,22H,3-4,9-12,16-18H2,1-2H3,(H,30,36)(H,31,35). The molecular weight excluding hydrogens is 452 g/mol. The number of fused-ring (bicyclic) bond motifs is 1. The third-order valence-corrected chi connectivity index (χ3v) is 7.58. The van der Waals surface area contributed by atoms with Gasteiger partial charge in [-0.25, -0.2) is 0 Å². The number of nitrogens with one attached hydrogen (secondary N) is 2. The fraction of sp³-hybridized carbons (Fsp3) is 0.414. The van der Waals surface area contributed by atoms with Crippen LogP contribution < -0.4 is 15.8 Å². The van der Waals surface area contributed by atoms with E-state index in [1.807, 2.05) is 25.1 Å². The Bertz CT molecular complexity index is 1360. The monoisotopic (exact) mass is 486 g/mol. The van der Waals surface area contributed by atoms with Crippen molar-refractivity contribution < 1.29 is 9.59 Å².